The van der Waals surface area contributed by atoms with Gasteiger partial charge in [-0.3, -0.25) is 9.79 Å². The van der Waals surface area contributed by atoms with Gasteiger partial charge in [-0.25, -0.2) is 0 Å². The van der Waals surface area contributed by atoms with Crippen molar-refractivity contribution >= 4 is 11.9 Å². The van der Waals surface area contributed by atoms with Crippen molar-refractivity contribution < 1.29 is 13.9 Å². The van der Waals surface area contributed by atoms with Gasteiger partial charge in [0.1, 0.15) is 18.1 Å². The molecule has 0 spiro atoms. The van der Waals surface area contributed by atoms with Crippen LogP contribution in [0.3, 0.4) is 0 Å². The lowest BCUT2D eigenvalue weighted by Gasteiger charge is -2.14. The normalized spacial score (nSPS) is 11.0. The van der Waals surface area contributed by atoms with Crippen molar-refractivity contribution in [3.05, 3.63) is 66.1 Å². The van der Waals surface area contributed by atoms with Crippen molar-refractivity contribution in [3.63, 3.8) is 0 Å². The van der Waals surface area contributed by atoms with E-state index in [2.05, 4.69) is 22.2 Å². The number of benzene rings is 1. The molecule has 0 aliphatic heterocycles. The summed E-state index contributed by atoms with van der Waals surface area (Å²) in [7, 11) is 1.67. The Balaban J connectivity index is 1.90. The van der Waals surface area contributed by atoms with E-state index in [0.717, 1.165) is 11.3 Å². The third kappa shape index (κ3) is 5.42. The molecule has 1 aromatic heterocycles. The summed E-state index contributed by atoms with van der Waals surface area (Å²) < 4.78 is 10.9. The number of carbonyl (C=O) groups excluding carboxylic acids is 1. The van der Waals surface area contributed by atoms with E-state index in [-0.39, 0.29) is 5.76 Å². The third-order valence-electron chi connectivity index (χ3n) is 3.33. The molecule has 4 N–H and O–H groups in total. The van der Waals surface area contributed by atoms with Crippen LogP contribution < -0.4 is 21.1 Å². The molecule has 1 aromatic carbocycles. The predicted molar refractivity (Wildman–Crippen MR) is 96.4 cm³/mol. The number of aliphatic imine (C=N–C) groups is 1. The lowest BCUT2D eigenvalue weighted by atomic mass is 10.2. The Morgan fingerprint density at radius 3 is 2.72 bits per heavy atom. The van der Waals surface area contributed by atoms with Crippen LogP contribution in [-0.4, -0.2) is 25.5 Å². The van der Waals surface area contributed by atoms with Crippen molar-refractivity contribution in [2.75, 3.05) is 13.7 Å². The van der Waals surface area contributed by atoms with Gasteiger partial charge in [-0.05, 0) is 18.2 Å². The topological polar surface area (TPSA) is 102 Å². The molecule has 0 aliphatic carbocycles. The summed E-state index contributed by atoms with van der Waals surface area (Å²) in [4.78, 5) is 15.2. The van der Waals surface area contributed by atoms with Crippen LogP contribution in [0.5, 0.6) is 5.75 Å². The number of primary amides is 1. The Morgan fingerprint density at radius 2 is 2.04 bits per heavy atom. The van der Waals surface area contributed by atoms with Gasteiger partial charge in [-0.2, -0.15) is 0 Å². The smallest absolute Gasteiger partial charge is 0.284 e. The first-order chi connectivity index (χ1) is 12.1. The van der Waals surface area contributed by atoms with Crippen molar-refractivity contribution in [2.24, 2.45) is 10.7 Å². The van der Waals surface area contributed by atoms with E-state index in [1.54, 1.807) is 25.3 Å². The molecular formula is C18H22N4O3. The molecule has 7 nitrogen and oxygen atoms in total. The molecule has 1 amide bonds. The number of nitrogens with zero attached hydrogens (tertiary/aromatic N) is 1. The standard InChI is InChI=1S/C18H22N4O3/c1-3-10-24-15-7-5-4-6-13(15)11-21-18(20-2)22-12-14-8-9-16(25-14)17(19)23/h3-9H,1,10-12H2,2H3,(H2,19,23)(H2,20,21,22). The second-order valence-corrected chi connectivity index (χ2v) is 5.12. The van der Waals surface area contributed by atoms with Crippen LogP contribution in [0.25, 0.3) is 0 Å². The fourth-order valence-electron chi connectivity index (χ4n) is 2.12. The van der Waals surface area contributed by atoms with Crippen LogP contribution in [0.2, 0.25) is 0 Å². The first kappa shape index (κ1) is 18.1. The third-order valence-corrected chi connectivity index (χ3v) is 3.33. The van der Waals surface area contributed by atoms with E-state index < -0.39 is 5.91 Å². The molecule has 7 heteroatoms. The molecule has 2 aromatic rings. The maximum atomic E-state index is 11.0. The number of hydrogen-bond donors (Lipinski definition) is 3. The molecule has 0 radical (unpaired) electrons. The number of ether oxygens (including phenoxy) is 1. The highest BCUT2D eigenvalue weighted by Gasteiger charge is 2.08. The molecule has 0 saturated carbocycles. The second kappa shape index (κ2) is 9.17. The SMILES string of the molecule is C=CCOc1ccccc1CNC(=NC)NCc1ccc(C(N)=O)o1. The molecule has 2 rings (SSSR count). The van der Waals surface area contributed by atoms with Gasteiger partial charge in [0.05, 0.1) is 6.54 Å². The Labute approximate surface area is 146 Å². The number of furan rings is 1. The Bertz CT molecular complexity index is 752. The number of hydrogen-bond acceptors (Lipinski definition) is 4. The van der Waals surface area contributed by atoms with Gasteiger partial charge in [-0.1, -0.05) is 30.9 Å². The van der Waals surface area contributed by atoms with E-state index in [1.165, 1.54) is 0 Å². The molecule has 0 aliphatic rings. The van der Waals surface area contributed by atoms with Gasteiger partial charge in [0.25, 0.3) is 5.91 Å². The lowest BCUT2D eigenvalue weighted by Crippen LogP contribution is -2.36. The molecule has 1 heterocycles. The zero-order valence-electron chi connectivity index (χ0n) is 14.1. The van der Waals surface area contributed by atoms with Gasteiger partial charge in [0.15, 0.2) is 11.7 Å². The minimum Gasteiger partial charge on any atom is -0.489 e. The van der Waals surface area contributed by atoms with Gasteiger partial charge in [-0.15, -0.1) is 0 Å². The monoisotopic (exact) mass is 342 g/mol. The van der Waals surface area contributed by atoms with Crippen LogP contribution in [-0.2, 0) is 13.1 Å². The highest BCUT2D eigenvalue weighted by atomic mass is 16.5. The summed E-state index contributed by atoms with van der Waals surface area (Å²) >= 11 is 0. The maximum Gasteiger partial charge on any atom is 0.284 e. The zero-order chi connectivity index (χ0) is 18.1. The minimum atomic E-state index is -0.593. The van der Waals surface area contributed by atoms with Crippen molar-refractivity contribution in [1.82, 2.24) is 10.6 Å². The molecule has 25 heavy (non-hydrogen) atoms. The van der Waals surface area contributed by atoms with Crippen LogP contribution in [0.15, 0.2) is 58.5 Å². The highest BCUT2D eigenvalue weighted by Crippen LogP contribution is 2.17. The molecular weight excluding hydrogens is 320 g/mol. The van der Waals surface area contributed by atoms with Gasteiger partial charge >= 0.3 is 0 Å². The first-order valence-electron chi connectivity index (χ1n) is 7.78. The average Bonchev–Trinajstić information content (AvgIpc) is 3.10. The van der Waals surface area contributed by atoms with Crippen LogP contribution in [0.1, 0.15) is 21.9 Å². The van der Waals surface area contributed by atoms with Gasteiger partial charge in [0.2, 0.25) is 0 Å². The van der Waals surface area contributed by atoms with E-state index in [9.17, 15) is 4.79 Å². The summed E-state index contributed by atoms with van der Waals surface area (Å²) in [6, 6.07) is 11.0. The summed E-state index contributed by atoms with van der Waals surface area (Å²) in [6.45, 7) is 5.02. The van der Waals surface area contributed by atoms with Gasteiger partial charge in [0, 0.05) is 19.2 Å². The number of guanidine groups is 1. The molecule has 0 saturated heterocycles. The fourth-order valence-corrected chi connectivity index (χ4v) is 2.12. The van der Waals surface area contributed by atoms with Crippen LogP contribution >= 0.6 is 0 Å². The van der Waals surface area contributed by atoms with Crippen LogP contribution in [0, 0.1) is 0 Å². The average molecular weight is 342 g/mol. The fraction of sp³-hybridized carbons (Fsp3) is 0.222. The maximum absolute atomic E-state index is 11.0. The molecule has 0 fully saturated rings. The summed E-state index contributed by atoms with van der Waals surface area (Å²) in [5, 5.41) is 6.31. The van der Waals surface area contributed by atoms with Crippen molar-refractivity contribution in [2.45, 2.75) is 13.1 Å². The molecule has 0 bridgehead atoms. The zero-order valence-corrected chi connectivity index (χ0v) is 14.1. The Morgan fingerprint density at radius 1 is 1.28 bits per heavy atom. The number of carbonyl (C=O) groups is 1. The summed E-state index contributed by atoms with van der Waals surface area (Å²) in [6.07, 6.45) is 1.70. The quantitative estimate of drug-likeness (QED) is 0.386. The highest BCUT2D eigenvalue weighted by molar-refractivity contribution is 5.89. The van der Waals surface area contributed by atoms with Gasteiger partial charge < -0.3 is 25.5 Å². The second-order valence-electron chi connectivity index (χ2n) is 5.12. The molecule has 132 valence electrons. The summed E-state index contributed by atoms with van der Waals surface area (Å²) in [5.41, 5.74) is 6.16. The number of amides is 1. The molecule has 0 atom stereocenters. The van der Waals surface area contributed by atoms with E-state index in [4.69, 9.17) is 14.9 Å². The van der Waals surface area contributed by atoms with Crippen LogP contribution in [0.4, 0.5) is 0 Å². The van der Waals surface area contributed by atoms with Crippen molar-refractivity contribution in [1.29, 1.82) is 0 Å². The number of para-hydroxylation sites is 1. The Kier molecular flexibility index (Phi) is 6.65. The lowest BCUT2D eigenvalue weighted by molar-refractivity contribution is 0.0972. The number of nitrogens with two attached hydrogens (primary N) is 1. The Hall–Kier alpha value is -3.22. The number of nitrogens with one attached hydrogen (secondary N) is 2. The van der Waals surface area contributed by atoms with E-state index in [1.807, 2.05) is 24.3 Å². The van der Waals surface area contributed by atoms with E-state index in [0.29, 0.717) is 31.4 Å². The predicted octanol–water partition coefficient (Wildman–Crippen LogP) is 1.81. The number of rotatable bonds is 8. The van der Waals surface area contributed by atoms with Crippen molar-refractivity contribution in [3.8, 4) is 5.75 Å². The summed E-state index contributed by atoms with van der Waals surface area (Å²) in [5.74, 6) is 1.52. The minimum absolute atomic E-state index is 0.132. The largest absolute Gasteiger partial charge is 0.489 e. The molecule has 0 unspecified atom stereocenters. The first-order valence-corrected chi connectivity index (χ1v) is 7.78. The van der Waals surface area contributed by atoms with E-state index >= 15 is 0 Å².